The van der Waals surface area contributed by atoms with Crippen molar-refractivity contribution in [2.24, 2.45) is 0 Å². The fourth-order valence-electron chi connectivity index (χ4n) is 2.35. The van der Waals surface area contributed by atoms with Crippen LogP contribution in [-0.4, -0.2) is 26.1 Å². The van der Waals surface area contributed by atoms with Crippen LogP contribution in [0.25, 0.3) is 16.9 Å². The van der Waals surface area contributed by atoms with E-state index in [1.165, 1.54) is 0 Å². The summed E-state index contributed by atoms with van der Waals surface area (Å²) in [6.07, 6.45) is 0. The second kappa shape index (κ2) is 5.33. The van der Waals surface area contributed by atoms with Gasteiger partial charge in [-0.25, -0.2) is 15.0 Å². The fourth-order valence-corrected chi connectivity index (χ4v) is 2.64. The summed E-state index contributed by atoms with van der Waals surface area (Å²) in [6, 6.07) is 7.79. The lowest BCUT2D eigenvalue weighted by Gasteiger charge is -2.10. The van der Waals surface area contributed by atoms with Crippen molar-refractivity contribution in [2.45, 2.75) is 20.8 Å². The second-order valence-electron chi connectivity index (χ2n) is 4.66. The molecule has 6 heteroatoms. The van der Waals surface area contributed by atoms with Gasteiger partial charge in [0.25, 0.3) is 0 Å². The van der Waals surface area contributed by atoms with Crippen molar-refractivity contribution in [1.29, 1.82) is 0 Å². The molecule has 0 spiro atoms. The Bertz CT molecular complexity index is 813. The van der Waals surface area contributed by atoms with E-state index in [1.54, 1.807) is 6.92 Å². The van der Waals surface area contributed by atoms with E-state index >= 15 is 0 Å². The molecular weight excluding hydrogens is 288 g/mol. The molecule has 0 bridgehead atoms. The third-order valence-corrected chi connectivity index (χ3v) is 3.40. The van der Waals surface area contributed by atoms with Crippen molar-refractivity contribution in [1.82, 2.24) is 19.5 Å². The summed E-state index contributed by atoms with van der Waals surface area (Å²) in [6.45, 7) is 6.30. The lowest BCUT2D eigenvalue weighted by molar-refractivity contribution is 0.340. The van der Waals surface area contributed by atoms with Crippen LogP contribution in [0.5, 0.6) is 5.75 Å². The Balaban J connectivity index is 2.25. The molecule has 0 atom stereocenters. The van der Waals surface area contributed by atoms with Crippen molar-refractivity contribution >= 4 is 22.8 Å². The summed E-state index contributed by atoms with van der Waals surface area (Å²) < 4.78 is 7.49. The van der Waals surface area contributed by atoms with E-state index in [-0.39, 0.29) is 0 Å². The number of ether oxygens (including phenoxy) is 1. The summed E-state index contributed by atoms with van der Waals surface area (Å²) >= 11 is 6.29. The molecule has 0 saturated carbocycles. The van der Waals surface area contributed by atoms with Crippen LogP contribution in [0.4, 0.5) is 0 Å². The molecule has 2 heterocycles. The third-order valence-electron chi connectivity index (χ3n) is 3.14. The Morgan fingerprint density at radius 1 is 1.19 bits per heavy atom. The first-order valence-electron chi connectivity index (χ1n) is 6.72. The lowest BCUT2D eigenvalue weighted by Crippen LogP contribution is -2.00. The molecule has 0 unspecified atom stereocenters. The predicted octanol–water partition coefficient (Wildman–Crippen LogP) is 3.48. The quantitative estimate of drug-likeness (QED) is 0.695. The van der Waals surface area contributed by atoms with E-state index in [4.69, 9.17) is 16.3 Å². The van der Waals surface area contributed by atoms with Crippen molar-refractivity contribution in [2.75, 3.05) is 6.61 Å². The normalized spacial score (nSPS) is 11.0. The zero-order valence-electron chi connectivity index (χ0n) is 12.1. The highest BCUT2D eigenvalue weighted by molar-refractivity contribution is 6.33. The number of halogens is 1. The van der Waals surface area contributed by atoms with E-state index in [9.17, 15) is 0 Å². The summed E-state index contributed by atoms with van der Waals surface area (Å²) in [4.78, 5) is 13.0. The molecule has 0 aliphatic heterocycles. The standard InChI is InChI=1S/C15H15ClN4O/c1-4-21-12-7-5-6-11(8-12)20-10(3)19-15-13(20)14(16)17-9(2)18-15/h5-8H,4H2,1-3H3. The molecular formula is C15H15ClN4O. The van der Waals surface area contributed by atoms with Gasteiger partial charge >= 0.3 is 0 Å². The van der Waals surface area contributed by atoms with Crippen molar-refractivity contribution in [3.05, 3.63) is 41.1 Å². The van der Waals surface area contributed by atoms with Gasteiger partial charge in [0.05, 0.1) is 12.3 Å². The van der Waals surface area contributed by atoms with Crippen molar-refractivity contribution < 1.29 is 4.74 Å². The maximum atomic E-state index is 6.29. The highest BCUT2D eigenvalue weighted by Crippen LogP contribution is 2.27. The fraction of sp³-hybridized carbons (Fsp3) is 0.267. The molecule has 1 aromatic carbocycles. The topological polar surface area (TPSA) is 52.8 Å². The van der Waals surface area contributed by atoms with Gasteiger partial charge < -0.3 is 4.74 Å². The first kappa shape index (κ1) is 13.8. The Morgan fingerprint density at radius 3 is 2.76 bits per heavy atom. The van der Waals surface area contributed by atoms with Gasteiger partial charge in [0, 0.05) is 6.07 Å². The third kappa shape index (κ3) is 2.45. The molecule has 0 radical (unpaired) electrons. The Labute approximate surface area is 127 Å². The van der Waals surface area contributed by atoms with Gasteiger partial charge in [0.15, 0.2) is 10.8 Å². The number of nitrogens with zero attached hydrogens (tertiary/aromatic N) is 4. The van der Waals surface area contributed by atoms with E-state index in [0.29, 0.717) is 28.7 Å². The molecule has 2 aromatic heterocycles. The van der Waals surface area contributed by atoms with Crippen LogP contribution in [0.2, 0.25) is 5.15 Å². The van der Waals surface area contributed by atoms with Crippen LogP contribution in [0.15, 0.2) is 24.3 Å². The van der Waals surface area contributed by atoms with Crippen LogP contribution < -0.4 is 4.74 Å². The molecule has 0 aliphatic carbocycles. The van der Waals surface area contributed by atoms with E-state index in [2.05, 4.69) is 15.0 Å². The number of hydrogen-bond donors (Lipinski definition) is 0. The summed E-state index contributed by atoms with van der Waals surface area (Å²) in [5.41, 5.74) is 2.25. The minimum absolute atomic E-state index is 0.403. The monoisotopic (exact) mass is 302 g/mol. The number of aryl methyl sites for hydroxylation is 2. The Kier molecular flexibility index (Phi) is 3.51. The van der Waals surface area contributed by atoms with Gasteiger partial charge in [0.2, 0.25) is 0 Å². The van der Waals surface area contributed by atoms with Crippen LogP contribution in [0.3, 0.4) is 0 Å². The summed E-state index contributed by atoms with van der Waals surface area (Å²) in [5.74, 6) is 2.22. The second-order valence-corrected chi connectivity index (χ2v) is 5.02. The molecule has 0 N–H and O–H groups in total. The molecule has 0 aliphatic rings. The molecule has 0 fully saturated rings. The first-order valence-corrected chi connectivity index (χ1v) is 7.10. The predicted molar refractivity (Wildman–Crippen MR) is 82.3 cm³/mol. The van der Waals surface area contributed by atoms with Gasteiger partial charge in [-0.3, -0.25) is 4.57 Å². The maximum Gasteiger partial charge on any atom is 0.183 e. The molecule has 108 valence electrons. The Hall–Kier alpha value is -2.14. The van der Waals surface area contributed by atoms with E-state index in [0.717, 1.165) is 17.3 Å². The number of hydrogen-bond acceptors (Lipinski definition) is 4. The molecule has 0 amide bonds. The first-order chi connectivity index (χ1) is 10.1. The minimum Gasteiger partial charge on any atom is -0.494 e. The van der Waals surface area contributed by atoms with Gasteiger partial charge in [-0.1, -0.05) is 17.7 Å². The molecule has 21 heavy (non-hydrogen) atoms. The van der Waals surface area contributed by atoms with Crippen molar-refractivity contribution in [3.63, 3.8) is 0 Å². The van der Waals surface area contributed by atoms with Crippen LogP contribution in [0, 0.1) is 13.8 Å². The molecule has 5 nitrogen and oxygen atoms in total. The lowest BCUT2D eigenvalue weighted by atomic mass is 10.3. The number of aromatic nitrogens is 4. The average Bonchev–Trinajstić information content (AvgIpc) is 2.75. The van der Waals surface area contributed by atoms with Crippen LogP contribution in [0.1, 0.15) is 18.6 Å². The summed E-state index contributed by atoms with van der Waals surface area (Å²) in [7, 11) is 0. The number of benzene rings is 1. The molecule has 3 rings (SSSR count). The van der Waals surface area contributed by atoms with E-state index < -0.39 is 0 Å². The van der Waals surface area contributed by atoms with Gasteiger partial charge in [-0.05, 0) is 32.9 Å². The largest absolute Gasteiger partial charge is 0.494 e. The molecule has 3 aromatic rings. The molecule has 0 saturated heterocycles. The van der Waals surface area contributed by atoms with Gasteiger partial charge in [0.1, 0.15) is 22.9 Å². The Morgan fingerprint density at radius 2 is 2.00 bits per heavy atom. The average molecular weight is 303 g/mol. The highest BCUT2D eigenvalue weighted by atomic mass is 35.5. The number of imidazole rings is 1. The number of fused-ring (bicyclic) bond motifs is 1. The van der Waals surface area contributed by atoms with Crippen molar-refractivity contribution in [3.8, 4) is 11.4 Å². The summed E-state index contributed by atoms with van der Waals surface area (Å²) in [5, 5.41) is 0.403. The minimum atomic E-state index is 0.403. The van der Waals surface area contributed by atoms with Gasteiger partial charge in [-0.15, -0.1) is 0 Å². The smallest absolute Gasteiger partial charge is 0.183 e. The SMILES string of the molecule is CCOc1cccc(-n2c(C)nc3nc(C)nc(Cl)c32)c1. The zero-order valence-corrected chi connectivity index (χ0v) is 12.8. The van der Waals surface area contributed by atoms with Crippen LogP contribution in [-0.2, 0) is 0 Å². The van der Waals surface area contributed by atoms with E-state index in [1.807, 2.05) is 42.7 Å². The maximum absolute atomic E-state index is 6.29. The zero-order chi connectivity index (χ0) is 15.0. The van der Waals surface area contributed by atoms with Crippen LogP contribution >= 0.6 is 11.6 Å². The number of rotatable bonds is 3. The van der Waals surface area contributed by atoms with Gasteiger partial charge in [-0.2, -0.15) is 0 Å². The highest BCUT2D eigenvalue weighted by Gasteiger charge is 2.15.